The summed E-state index contributed by atoms with van der Waals surface area (Å²) < 4.78 is 0. The maximum absolute atomic E-state index is 12.4. The van der Waals surface area contributed by atoms with E-state index in [1.807, 2.05) is 12.1 Å². The van der Waals surface area contributed by atoms with E-state index in [4.69, 9.17) is 5.26 Å². The predicted octanol–water partition coefficient (Wildman–Crippen LogP) is 0.195. The van der Waals surface area contributed by atoms with Crippen LogP contribution >= 0.6 is 0 Å². The first-order valence-electron chi connectivity index (χ1n) is 8.21. The highest BCUT2D eigenvalue weighted by Gasteiger charge is 2.33. The lowest BCUT2D eigenvalue weighted by Crippen LogP contribution is -2.40. The highest BCUT2D eigenvalue weighted by Crippen LogP contribution is 2.18. The van der Waals surface area contributed by atoms with Crippen molar-refractivity contribution in [3.63, 3.8) is 0 Å². The van der Waals surface area contributed by atoms with E-state index in [1.54, 1.807) is 17.0 Å². The molecule has 0 aromatic heterocycles. The third-order valence-corrected chi connectivity index (χ3v) is 4.45. The molecule has 25 heavy (non-hydrogen) atoms. The van der Waals surface area contributed by atoms with E-state index in [9.17, 15) is 14.4 Å². The van der Waals surface area contributed by atoms with Crippen LogP contribution in [0.3, 0.4) is 0 Å². The van der Waals surface area contributed by atoms with Crippen LogP contribution in [-0.4, -0.2) is 55.0 Å². The van der Waals surface area contributed by atoms with Gasteiger partial charge in [0.25, 0.3) is 5.91 Å². The highest BCUT2D eigenvalue weighted by atomic mass is 16.2. The number of urea groups is 1. The molecule has 2 heterocycles. The molecule has 130 valence electrons. The average Bonchev–Trinajstić information content (AvgIpc) is 2.81. The maximum atomic E-state index is 12.4. The molecule has 0 unspecified atom stereocenters. The first-order chi connectivity index (χ1) is 12.1. The Morgan fingerprint density at radius 2 is 1.92 bits per heavy atom. The molecule has 2 N–H and O–H groups in total. The Kier molecular flexibility index (Phi) is 4.84. The summed E-state index contributed by atoms with van der Waals surface area (Å²) in [5.74, 6) is -0.587. The number of nitrogens with zero attached hydrogens (tertiary/aromatic N) is 3. The maximum Gasteiger partial charge on any atom is 0.322 e. The number of carbonyl (C=O) groups excluding carboxylic acids is 3. The van der Waals surface area contributed by atoms with E-state index < -0.39 is 18.0 Å². The fourth-order valence-electron chi connectivity index (χ4n) is 3.08. The minimum atomic E-state index is -0.780. The summed E-state index contributed by atoms with van der Waals surface area (Å²) in [6, 6.07) is 8.16. The van der Waals surface area contributed by atoms with Gasteiger partial charge in [0, 0.05) is 31.9 Å². The highest BCUT2D eigenvalue weighted by molar-refractivity contribution is 6.05. The summed E-state index contributed by atoms with van der Waals surface area (Å²) in [6.07, 6.45) is 0.795. The monoisotopic (exact) mass is 341 g/mol. The van der Waals surface area contributed by atoms with E-state index in [0.717, 1.165) is 18.7 Å². The van der Waals surface area contributed by atoms with Gasteiger partial charge in [0.15, 0.2) is 0 Å². The Balaban J connectivity index is 1.57. The standard InChI is InChI=1S/C17H19N5O3/c18-11-12-2-4-13(5-3-12)21-6-1-7-22(9-8-21)15(23)10-14-16(24)20-17(25)19-14/h2-5,14H,1,6-10H2,(H2,19,20,24,25)/t14-/m1/s1. The summed E-state index contributed by atoms with van der Waals surface area (Å²) in [7, 11) is 0. The van der Waals surface area contributed by atoms with Crippen LogP contribution < -0.4 is 15.5 Å². The predicted molar refractivity (Wildman–Crippen MR) is 89.6 cm³/mol. The van der Waals surface area contributed by atoms with Gasteiger partial charge in [-0.25, -0.2) is 4.79 Å². The Hall–Kier alpha value is -3.08. The van der Waals surface area contributed by atoms with Crippen LogP contribution in [0.25, 0.3) is 0 Å². The molecule has 3 rings (SSSR count). The fraction of sp³-hybridized carbons (Fsp3) is 0.412. The van der Waals surface area contributed by atoms with E-state index in [1.165, 1.54) is 0 Å². The second-order valence-corrected chi connectivity index (χ2v) is 6.10. The zero-order valence-corrected chi connectivity index (χ0v) is 13.7. The van der Waals surface area contributed by atoms with Gasteiger partial charge in [0.2, 0.25) is 5.91 Å². The van der Waals surface area contributed by atoms with Gasteiger partial charge in [-0.05, 0) is 30.7 Å². The number of amides is 4. The van der Waals surface area contributed by atoms with Gasteiger partial charge in [-0.15, -0.1) is 0 Å². The molecular weight excluding hydrogens is 322 g/mol. The summed E-state index contributed by atoms with van der Waals surface area (Å²) in [5.41, 5.74) is 1.64. The fourth-order valence-corrected chi connectivity index (χ4v) is 3.08. The quantitative estimate of drug-likeness (QED) is 0.764. The van der Waals surface area contributed by atoms with Crippen molar-refractivity contribution in [1.82, 2.24) is 15.5 Å². The zero-order valence-electron chi connectivity index (χ0n) is 13.7. The summed E-state index contributed by atoms with van der Waals surface area (Å²) in [6.45, 7) is 2.67. The van der Waals surface area contributed by atoms with E-state index >= 15 is 0 Å². The first kappa shape index (κ1) is 16.8. The molecule has 0 bridgehead atoms. The molecule has 2 fully saturated rings. The van der Waals surface area contributed by atoms with Crippen molar-refractivity contribution in [3.05, 3.63) is 29.8 Å². The molecule has 8 nitrogen and oxygen atoms in total. The lowest BCUT2D eigenvalue weighted by molar-refractivity contribution is -0.133. The minimum Gasteiger partial charge on any atom is -0.370 e. The lowest BCUT2D eigenvalue weighted by atomic mass is 10.2. The van der Waals surface area contributed by atoms with Crippen LogP contribution in [0.1, 0.15) is 18.4 Å². The van der Waals surface area contributed by atoms with Gasteiger partial charge in [0.05, 0.1) is 18.1 Å². The second-order valence-electron chi connectivity index (χ2n) is 6.10. The Bertz CT molecular complexity index is 725. The van der Waals surface area contributed by atoms with Crippen molar-refractivity contribution < 1.29 is 14.4 Å². The van der Waals surface area contributed by atoms with Crippen LogP contribution in [0.5, 0.6) is 0 Å². The van der Waals surface area contributed by atoms with Crippen molar-refractivity contribution >= 4 is 23.5 Å². The number of hydrogen-bond acceptors (Lipinski definition) is 5. The van der Waals surface area contributed by atoms with Gasteiger partial charge < -0.3 is 15.1 Å². The van der Waals surface area contributed by atoms with Crippen LogP contribution in [0.15, 0.2) is 24.3 Å². The van der Waals surface area contributed by atoms with Crippen LogP contribution in [0, 0.1) is 11.3 Å². The van der Waals surface area contributed by atoms with Crippen LogP contribution in [-0.2, 0) is 9.59 Å². The molecule has 1 aromatic rings. The Morgan fingerprint density at radius 1 is 1.16 bits per heavy atom. The number of rotatable bonds is 3. The molecule has 2 saturated heterocycles. The number of hydrogen-bond donors (Lipinski definition) is 2. The third kappa shape index (κ3) is 3.88. The molecule has 1 aromatic carbocycles. The molecule has 2 aliphatic heterocycles. The van der Waals surface area contributed by atoms with E-state index in [-0.39, 0.29) is 12.3 Å². The number of anilines is 1. The van der Waals surface area contributed by atoms with Gasteiger partial charge in [-0.3, -0.25) is 14.9 Å². The van der Waals surface area contributed by atoms with Gasteiger partial charge >= 0.3 is 6.03 Å². The molecular formula is C17H19N5O3. The minimum absolute atomic E-state index is 0.0194. The van der Waals surface area contributed by atoms with Crippen LogP contribution in [0.4, 0.5) is 10.5 Å². The largest absolute Gasteiger partial charge is 0.370 e. The number of carbonyl (C=O) groups is 3. The van der Waals surface area contributed by atoms with Gasteiger partial charge in [0.1, 0.15) is 6.04 Å². The van der Waals surface area contributed by atoms with Crippen molar-refractivity contribution in [3.8, 4) is 6.07 Å². The molecule has 8 heteroatoms. The zero-order chi connectivity index (χ0) is 17.8. The van der Waals surface area contributed by atoms with Crippen LogP contribution in [0.2, 0.25) is 0 Å². The summed E-state index contributed by atoms with van der Waals surface area (Å²) in [5, 5.41) is 13.5. The smallest absolute Gasteiger partial charge is 0.322 e. The number of benzene rings is 1. The summed E-state index contributed by atoms with van der Waals surface area (Å²) in [4.78, 5) is 39.0. The first-order valence-corrected chi connectivity index (χ1v) is 8.21. The molecule has 0 spiro atoms. The number of nitrogens with one attached hydrogen (secondary N) is 2. The van der Waals surface area contributed by atoms with Crippen molar-refractivity contribution in [2.24, 2.45) is 0 Å². The molecule has 0 saturated carbocycles. The topological polar surface area (TPSA) is 106 Å². The summed E-state index contributed by atoms with van der Waals surface area (Å²) >= 11 is 0. The van der Waals surface area contributed by atoms with Crippen molar-refractivity contribution in [2.75, 3.05) is 31.1 Å². The average molecular weight is 341 g/mol. The Labute approximate surface area is 145 Å². The van der Waals surface area contributed by atoms with E-state index in [0.29, 0.717) is 25.2 Å². The third-order valence-electron chi connectivity index (χ3n) is 4.45. The normalized spacial score (nSPS) is 20.5. The van der Waals surface area contributed by atoms with Gasteiger partial charge in [-0.1, -0.05) is 0 Å². The van der Waals surface area contributed by atoms with Gasteiger partial charge in [-0.2, -0.15) is 5.26 Å². The molecule has 4 amide bonds. The van der Waals surface area contributed by atoms with Crippen molar-refractivity contribution in [1.29, 1.82) is 5.26 Å². The lowest BCUT2D eigenvalue weighted by Gasteiger charge is -2.24. The second kappa shape index (κ2) is 7.21. The number of nitriles is 1. The van der Waals surface area contributed by atoms with Crippen molar-refractivity contribution in [2.45, 2.75) is 18.9 Å². The number of imide groups is 1. The Morgan fingerprint density at radius 3 is 2.56 bits per heavy atom. The SMILES string of the molecule is N#Cc1ccc(N2CCCN(C(=O)C[C@H]3NC(=O)NC3=O)CC2)cc1. The molecule has 0 radical (unpaired) electrons. The van der Waals surface area contributed by atoms with E-state index in [2.05, 4.69) is 21.6 Å². The molecule has 2 aliphatic rings. The molecule has 1 atom stereocenters. The molecule has 0 aliphatic carbocycles.